The van der Waals surface area contributed by atoms with Gasteiger partial charge in [0, 0.05) is 17.0 Å². The maximum absolute atomic E-state index is 11.7. The van der Waals surface area contributed by atoms with Crippen LogP contribution in [0.2, 0.25) is 0 Å². The standard InChI is InChI=1S/C13H21N3O2S2/c1-15-20(17,18)12-5-4-10(8-11(12)14)16-9-13(19-2)6-3-7-13/h4-5,8,15-16H,3,6-7,9,14H2,1-2H3. The van der Waals surface area contributed by atoms with Crippen molar-refractivity contribution in [3.63, 3.8) is 0 Å². The first-order valence-corrected chi connectivity index (χ1v) is 9.25. The van der Waals surface area contributed by atoms with E-state index in [2.05, 4.69) is 16.3 Å². The molecule has 2 rings (SSSR count). The van der Waals surface area contributed by atoms with E-state index in [4.69, 9.17) is 5.73 Å². The van der Waals surface area contributed by atoms with Crippen molar-refractivity contribution >= 4 is 33.2 Å². The molecule has 1 aromatic carbocycles. The average Bonchev–Trinajstić information content (AvgIpc) is 2.38. The van der Waals surface area contributed by atoms with Crippen molar-refractivity contribution in [2.45, 2.75) is 28.9 Å². The van der Waals surface area contributed by atoms with Crippen molar-refractivity contribution in [2.24, 2.45) is 0 Å². The summed E-state index contributed by atoms with van der Waals surface area (Å²) in [5, 5.41) is 3.36. The van der Waals surface area contributed by atoms with Crippen LogP contribution in [0.5, 0.6) is 0 Å². The molecule has 0 spiro atoms. The van der Waals surface area contributed by atoms with Crippen LogP contribution in [0.1, 0.15) is 19.3 Å². The summed E-state index contributed by atoms with van der Waals surface area (Å²) in [4.78, 5) is 0.119. The zero-order valence-electron chi connectivity index (χ0n) is 11.8. The molecule has 1 aromatic rings. The SMILES string of the molecule is CNS(=O)(=O)c1ccc(NCC2(SC)CCC2)cc1N. The molecule has 1 aliphatic carbocycles. The molecule has 0 heterocycles. The van der Waals surface area contributed by atoms with Gasteiger partial charge in [-0.25, -0.2) is 13.1 Å². The summed E-state index contributed by atoms with van der Waals surface area (Å²) in [5.74, 6) is 0. The Hall–Kier alpha value is -0.920. The molecule has 0 aliphatic heterocycles. The molecule has 0 bridgehead atoms. The van der Waals surface area contributed by atoms with Crippen LogP contribution in [-0.4, -0.2) is 33.0 Å². The third-order valence-corrected chi connectivity index (χ3v) is 6.79. The van der Waals surface area contributed by atoms with Crippen LogP contribution in [0.4, 0.5) is 11.4 Å². The predicted octanol–water partition coefficient (Wildman–Crippen LogP) is 1.87. The fourth-order valence-corrected chi connectivity index (χ4v) is 4.05. The van der Waals surface area contributed by atoms with Gasteiger partial charge in [-0.15, -0.1) is 0 Å². The van der Waals surface area contributed by atoms with E-state index in [0.29, 0.717) is 4.75 Å². The number of rotatable bonds is 6. The molecule has 1 saturated carbocycles. The number of hydrogen-bond donors (Lipinski definition) is 3. The molecule has 5 nitrogen and oxygen atoms in total. The van der Waals surface area contributed by atoms with Crippen molar-refractivity contribution in [1.29, 1.82) is 0 Å². The van der Waals surface area contributed by atoms with Crippen LogP contribution < -0.4 is 15.8 Å². The van der Waals surface area contributed by atoms with E-state index in [1.54, 1.807) is 12.1 Å². The quantitative estimate of drug-likeness (QED) is 0.698. The van der Waals surface area contributed by atoms with Gasteiger partial charge < -0.3 is 11.1 Å². The fourth-order valence-electron chi connectivity index (χ4n) is 2.30. The first-order valence-electron chi connectivity index (χ1n) is 6.54. The largest absolute Gasteiger partial charge is 0.398 e. The molecule has 112 valence electrons. The predicted molar refractivity (Wildman–Crippen MR) is 85.7 cm³/mol. The van der Waals surface area contributed by atoms with Crippen molar-refractivity contribution in [3.8, 4) is 0 Å². The monoisotopic (exact) mass is 315 g/mol. The smallest absolute Gasteiger partial charge is 0.242 e. The lowest BCUT2D eigenvalue weighted by Gasteiger charge is -2.40. The van der Waals surface area contributed by atoms with Crippen LogP contribution in [-0.2, 0) is 10.0 Å². The Labute approximate surface area is 124 Å². The van der Waals surface area contributed by atoms with Crippen molar-refractivity contribution in [2.75, 3.05) is 30.9 Å². The molecular weight excluding hydrogens is 294 g/mol. The van der Waals surface area contributed by atoms with Gasteiger partial charge in [0.25, 0.3) is 0 Å². The number of thioether (sulfide) groups is 1. The summed E-state index contributed by atoms with van der Waals surface area (Å²) < 4.78 is 26.1. The van der Waals surface area contributed by atoms with Gasteiger partial charge in [0.05, 0.1) is 5.69 Å². The highest BCUT2D eigenvalue weighted by molar-refractivity contribution is 8.00. The highest BCUT2D eigenvalue weighted by Crippen LogP contribution is 2.42. The Morgan fingerprint density at radius 2 is 2.10 bits per heavy atom. The number of nitrogens with one attached hydrogen (secondary N) is 2. The van der Waals surface area contributed by atoms with Gasteiger partial charge in [-0.3, -0.25) is 0 Å². The highest BCUT2D eigenvalue weighted by atomic mass is 32.2. The fraction of sp³-hybridized carbons (Fsp3) is 0.538. The topological polar surface area (TPSA) is 84.2 Å². The second-order valence-electron chi connectivity index (χ2n) is 5.05. The molecule has 4 N–H and O–H groups in total. The first-order chi connectivity index (χ1) is 9.42. The van der Waals surface area contributed by atoms with E-state index < -0.39 is 10.0 Å². The summed E-state index contributed by atoms with van der Waals surface area (Å²) in [6.07, 6.45) is 5.87. The lowest BCUT2D eigenvalue weighted by atomic mass is 9.84. The molecule has 0 atom stereocenters. The summed E-state index contributed by atoms with van der Waals surface area (Å²) in [6, 6.07) is 4.97. The molecule has 1 fully saturated rings. The Kier molecular flexibility index (Phi) is 4.51. The molecule has 0 saturated heterocycles. The van der Waals surface area contributed by atoms with E-state index in [-0.39, 0.29) is 10.6 Å². The van der Waals surface area contributed by atoms with E-state index in [1.165, 1.54) is 32.4 Å². The molecule has 7 heteroatoms. The molecule has 0 aromatic heterocycles. The maximum atomic E-state index is 11.7. The number of benzene rings is 1. The first kappa shape index (κ1) is 15.5. The second-order valence-corrected chi connectivity index (χ2v) is 8.18. The minimum absolute atomic E-state index is 0.119. The normalized spacial score (nSPS) is 17.5. The lowest BCUT2D eigenvalue weighted by Crippen LogP contribution is -2.40. The average molecular weight is 315 g/mol. The van der Waals surface area contributed by atoms with Crippen LogP contribution in [0, 0.1) is 0 Å². The third-order valence-electron chi connectivity index (χ3n) is 3.88. The van der Waals surface area contributed by atoms with Gasteiger partial charge in [-0.1, -0.05) is 6.42 Å². The minimum Gasteiger partial charge on any atom is -0.398 e. The van der Waals surface area contributed by atoms with Crippen LogP contribution in [0.3, 0.4) is 0 Å². The van der Waals surface area contributed by atoms with E-state index in [1.807, 2.05) is 11.8 Å². The molecule has 1 aliphatic rings. The van der Waals surface area contributed by atoms with Crippen LogP contribution in [0.15, 0.2) is 23.1 Å². The van der Waals surface area contributed by atoms with Gasteiger partial charge in [-0.2, -0.15) is 11.8 Å². The third kappa shape index (κ3) is 3.05. The molecule has 0 radical (unpaired) electrons. The van der Waals surface area contributed by atoms with Gasteiger partial charge >= 0.3 is 0 Å². The minimum atomic E-state index is -3.49. The number of nitrogen functional groups attached to an aromatic ring is 1. The van der Waals surface area contributed by atoms with Crippen molar-refractivity contribution in [3.05, 3.63) is 18.2 Å². The van der Waals surface area contributed by atoms with Gasteiger partial charge in [0.15, 0.2) is 0 Å². The Balaban J connectivity index is 2.10. The van der Waals surface area contributed by atoms with Gasteiger partial charge in [-0.05, 0) is 44.3 Å². The van der Waals surface area contributed by atoms with Crippen LogP contribution >= 0.6 is 11.8 Å². The highest BCUT2D eigenvalue weighted by Gasteiger charge is 2.35. The van der Waals surface area contributed by atoms with Crippen LogP contribution in [0.25, 0.3) is 0 Å². The number of hydrogen-bond acceptors (Lipinski definition) is 5. The lowest BCUT2D eigenvalue weighted by molar-refractivity contribution is 0.380. The number of nitrogens with two attached hydrogens (primary N) is 1. The van der Waals surface area contributed by atoms with Gasteiger partial charge in [0.2, 0.25) is 10.0 Å². The summed E-state index contributed by atoms with van der Waals surface area (Å²) >= 11 is 1.89. The number of anilines is 2. The Morgan fingerprint density at radius 3 is 2.55 bits per heavy atom. The van der Waals surface area contributed by atoms with E-state index >= 15 is 0 Å². The summed E-state index contributed by atoms with van der Waals surface area (Å²) in [5.41, 5.74) is 6.96. The zero-order chi connectivity index (χ0) is 14.8. The maximum Gasteiger partial charge on any atom is 0.242 e. The van der Waals surface area contributed by atoms with Crippen molar-refractivity contribution < 1.29 is 8.42 Å². The van der Waals surface area contributed by atoms with E-state index in [9.17, 15) is 8.42 Å². The summed E-state index contributed by atoms with van der Waals surface area (Å²) in [7, 11) is -2.12. The zero-order valence-corrected chi connectivity index (χ0v) is 13.4. The molecule has 0 unspecified atom stereocenters. The molecular formula is C13H21N3O2S2. The van der Waals surface area contributed by atoms with Crippen molar-refractivity contribution in [1.82, 2.24) is 4.72 Å². The van der Waals surface area contributed by atoms with E-state index in [0.717, 1.165) is 12.2 Å². The molecule has 20 heavy (non-hydrogen) atoms. The number of sulfonamides is 1. The van der Waals surface area contributed by atoms with Gasteiger partial charge in [0.1, 0.15) is 4.90 Å². The second kappa shape index (κ2) is 5.83. The Morgan fingerprint density at radius 1 is 1.40 bits per heavy atom. The molecule has 0 amide bonds. The summed E-state index contributed by atoms with van der Waals surface area (Å²) in [6.45, 7) is 0.881. The Bertz CT molecular complexity index is 578.